The van der Waals surface area contributed by atoms with Gasteiger partial charge in [-0.25, -0.2) is 0 Å². The highest BCUT2D eigenvalue weighted by Crippen LogP contribution is 2.08. The van der Waals surface area contributed by atoms with Gasteiger partial charge in [-0.15, -0.1) is 0 Å². The van der Waals surface area contributed by atoms with Gasteiger partial charge in [0.2, 0.25) is 11.8 Å². The SMILES string of the molecule is CCCCN(Cc1cccn1C)C(=O)CN(CCOC)C(=O)COC. The lowest BCUT2D eigenvalue weighted by atomic mass is 10.2. The lowest BCUT2D eigenvalue weighted by molar-refractivity contribution is -0.143. The Balaban J connectivity index is 2.78. The van der Waals surface area contributed by atoms with Gasteiger partial charge < -0.3 is 23.8 Å². The van der Waals surface area contributed by atoms with Crippen molar-refractivity contribution in [2.45, 2.75) is 26.3 Å². The molecule has 7 heteroatoms. The van der Waals surface area contributed by atoms with Gasteiger partial charge in [0.05, 0.1) is 19.7 Å². The quantitative estimate of drug-likeness (QED) is 0.568. The highest BCUT2D eigenvalue weighted by molar-refractivity contribution is 5.85. The van der Waals surface area contributed by atoms with E-state index in [-0.39, 0.29) is 25.0 Å². The maximum Gasteiger partial charge on any atom is 0.249 e. The van der Waals surface area contributed by atoms with Gasteiger partial charge in [0.25, 0.3) is 0 Å². The number of methoxy groups -OCH3 is 2. The van der Waals surface area contributed by atoms with E-state index in [1.165, 1.54) is 12.0 Å². The Bertz CT molecular complexity index is 530. The van der Waals surface area contributed by atoms with E-state index in [9.17, 15) is 9.59 Å². The van der Waals surface area contributed by atoms with Gasteiger partial charge in [-0.05, 0) is 18.6 Å². The summed E-state index contributed by atoms with van der Waals surface area (Å²) in [6.45, 7) is 4.07. The first-order chi connectivity index (χ1) is 12.0. The zero-order chi connectivity index (χ0) is 18.7. The Kier molecular flexibility index (Phi) is 9.87. The van der Waals surface area contributed by atoms with Crippen LogP contribution in [0.2, 0.25) is 0 Å². The van der Waals surface area contributed by atoms with Crippen LogP contribution in [0.1, 0.15) is 25.5 Å². The fourth-order valence-electron chi connectivity index (χ4n) is 2.47. The smallest absolute Gasteiger partial charge is 0.249 e. The number of rotatable bonds is 12. The van der Waals surface area contributed by atoms with E-state index in [0.717, 1.165) is 18.5 Å². The minimum Gasteiger partial charge on any atom is -0.383 e. The topological polar surface area (TPSA) is 64.0 Å². The third kappa shape index (κ3) is 7.27. The van der Waals surface area contributed by atoms with Crippen LogP contribution in [0.3, 0.4) is 0 Å². The Morgan fingerprint density at radius 2 is 1.88 bits per heavy atom. The molecule has 0 aliphatic heterocycles. The van der Waals surface area contributed by atoms with E-state index < -0.39 is 0 Å². The number of amides is 2. The summed E-state index contributed by atoms with van der Waals surface area (Å²) in [4.78, 5) is 28.3. The third-order valence-corrected chi connectivity index (χ3v) is 4.05. The van der Waals surface area contributed by atoms with Crippen molar-refractivity contribution >= 4 is 11.8 Å². The predicted molar refractivity (Wildman–Crippen MR) is 96.1 cm³/mol. The van der Waals surface area contributed by atoms with Gasteiger partial charge in [-0.1, -0.05) is 13.3 Å². The number of nitrogens with zero attached hydrogens (tertiary/aromatic N) is 3. The van der Waals surface area contributed by atoms with E-state index in [1.807, 2.05) is 34.8 Å². The Hall–Kier alpha value is -1.86. The van der Waals surface area contributed by atoms with E-state index in [1.54, 1.807) is 7.11 Å². The largest absolute Gasteiger partial charge is 0.383 e. The summed E-state index contributed by atoms with van der Waals surface area (Å²) in [5, 5.41) is 0. The van der Waals surface area contributed by atoms with Gasteiger partial charge >= 0.3 is 0 Å². The molecule has 2 amide bonds. The van der Waals surface area contributed by atoms with E-state index in [0.29, 0.717) is 26.2 Å². The number of hydrogen-bond acceptors (Lipinski definition) is 4. The Morgan fingerprint density at radius 3 is 2.44 bits per heavy atom. The van der Waals surface area contributed by atoms with E-state index in [4.69, 9.17) is 9.47 Å². The maximum atomic E-state index is 12.8. The number of carbonyl (C=O) groups is 2. The molecule has 0 N–H and O–H groups in total. The number of hydrogen-bond donors (Lipinski definition) is 0. The molecule has 7 nitrogen and oxygen atoms in total. The summed E-state index contributed by atoms with van der Waals surface area (Å²) in [5.41, 5.74) is 1.07. The Morgan fingerprint density at radius 1 is 1.12 bits per heavy atom. The van der Waals surface area contributed by atoms with E-state index in [2.05, 4.69) is 6.92 Å². The zero-order valence-electron chi connectivity index (χ0n) is 15.9. The summed E-state index contributed by atoms with van der Waals surface area (Å²) in [6.07, 6.45) is 3.90. The molecular weight excluding hydrogens is 322 g/mol. The lowest BCUT2D eigenvalue weighted by Gasteiger charge is -2.27. The van der Waals surface area contributed by atoms with Crippen molar-refractivity contribution in [1.29, 1.82) is 0 Å². The van der Waals surface area contributed by atoms with Crippen molar-refractivity contribution in [2.75, 3.05) is 47.1 Å². The van der Waals surface area contributed by atoms with Gasteiger partial charge in [0, 0.05) is 46.2 Å². The predicted octanol–water partition coefficient (Wildman–Crippen LogP) is 1.28. The molecule has 0 spiro atoms. The zero-order valence-corrected chi connectivity index (χ0v) is 15.9. The van der Waals surface area contributed by atoms with Gasteiger partial charge in [0.1, 0.15) is 6.61 Å². The fraction of sp³-hybridized carbons (Fsp3) is 0.667. The minimum atomic E-state index is -0.206. The molecule has 0 saturated carbocycles. The summed E-state index contributed by atoms with van der Waals surface area (Å²) < 4.78 is 12.0. The normalized spacial score (nSPS) is 10.7. The van der Waals surface area contributed by atoms with Crippen molar-refractivity contribution < 1.29 is 19.1 Å². The molecule has 0 aliphatic rings. The molecule has 0 bridgehead atoms. The van der Waals surface area contributed by atoms with Crippen molar-refractivity contribution in [3.63, 3.8) is 0 Å². The molecule has 0 atom stereocenters. The molecule has 0 aromatic carbocycles. The summed E-state index contributed by atoms with van der Waals surface area (Å²) >= 11 is 0. The fourth-order valence-corrected chi connectivity index (χ4v) is 2.47. The second-order valence-electron chi connectivity index (χ2n) is 6.02. The van der Waals surface area contributed by atoms with Gasteiger partial charge in [-0.2, -0.15) is 0 Å². The monoisotopic (exact) mass is 353 g/mol. The highest BCUT2D eigenvalue weighted by Gasteiger charge is 2.21. The van der Waals surface area contributed by atoms with Crippen LogP contribution in [-0.4, -0.2) is 73.2 Å². The van der Waals surface area contributed by atoms with Crippen LogP contribution in [0.5, 0.6) is 0 Å². The molecule has 1 aromatic heterocycles. The van der Waals surface area contributed by atoms with Crippen molar-refractivity contribution in [2.24, 2.45) is 7.05 Å². The van der Waals surface area contributed by atoms with Crippen molar-refractivity contribution in [3.8, 4) is 0 Å². The second kappa shape index (κ2) is 11.7. The molecule has 0 unspecified atom stereocenters. The number of unbranched alkanes of at least 4 members (excludes halogenated alkanes) is 1. The van der Waals surface area contributed by atoms with Crippen LogP contribution in [0.4, 0.5) is 0 Å². The summed E-state index contributed by atoms with van der Waals surface area (Å²) in [5.74, 6) is -0.266. The van der Waals surface area contributed by atoms with Crippen LogP contribution < -0.4 is 0 Å². The Labute approximate surface area is 150 Å². The summed E-state index contributed by atoms with van der Waals surface area (Å²) in [6, 6.07) is 3.97. The van der Waals surface area contributed by atoms with Gasteiger partial charge in [-0.3, -0.25) is 9.59 Å². The van der Waals surface area contributed by atoms with Crippen LogP contribution in [-0.2, 0) is 32.7 Å². The minimum absolute atomic E-state index is 0.0379. The molecule has 0 radical (unpaired) electrons. The number of aryl methyl sites for hydroxylation is 1. The molecule has 1 rings (SSSR count). The number of ether oxygens (including phenoxy) is 2. The van der Waals surface area contributed by atoms with Crippen molar-refractivity contribution in [3.05, 3.63) is 24.0 Å². The second-order valence-corrected chi connectivity index (χ2v) is 6.02. The lowest BCUT2D eigenvalue weighted by Crippen LogP contribution is -2.45. The van der Waals surface area contributed by atoms with Crippen LogP contribution >= 0.6 is 0 Å². The average Bonchev–Trinajstić information content (AvgIpc) is 3.00. The first kappa shape index (κ1) is 21.2. The summed E-state index contributed by atoms with van der Waals surface area (Å²) in [7, 11) is 5.01. The van der Waals surface area contributed by atoms with Crippen LogP contribution in [0.15, 0.2) is 18.3 Å². The maximum absolute atomic E-state index is 12.8. The first-order valence-electron chi connectivity index (χ1n) is 8.67. The molecule has 1 heterocycles. The van der Waals surface area contributed by atoms with Crippen LogP contribution in [0.25, 0.3) is 0 Å². The molecule has 0 aliphatic carbocycles. The van der Waals surface area contributed by atoms with E-state index >= 15 is 0 Å². The molecule has 1 aromatic rings. The highest BCUT2D eigenvalue weighted by atomic mass is 16.5. The van der Waals surface area contributed by atoms with Crippen LogP contribution in [0, 0.1) is 0 Å². The molecule has 0 fully saturated rings. The molecule has 0 saturated heterocycles. The van der Waals surface area contributed by atoms with Crippen molar-refractivity contribution in [1.82, 2.24) is 14.4 Å². The molecule has 25 heavy (non-hydrogen) atoms. The standard InChI is InChI=1S/C18H31N3O4/c1-5-6-10-20(13-16-8-7-9-19(16)2)17(22)14-21(11-12-24-3)18(23)15-25-4/h7-9H,5-6,10-15H2,1-4H3. The van der Waals surface area contributed by atoms with Gasteiger partial charge in [0.15, 0.2) is 0 Å². The first-order valence-corrected chi connectivity index (χ1v) is 8.67. The molecular formula is C18H31N3O4. The number of aromatic nitrogens is 1. The third-order valence-electron chi connectivity index (χ3n) is 4.05. The number of carbonyl (C=O) groups excluding carboxylic acids is 2. The molecule has 142 valence electrons. The average molecular weight is 353 g/mol.